The van der Waals surface area contributed by atoms with Crippen LogP contribution in [0.4, 0.5) is 5.69 Å². The van der Waals surface area contributed by atoms with Gasteiger partial charge in [0.2, 0.25) is 0 Å². The van der Waals surface area contributed by atoms with Crippen LogP contribution in [0.1, 0.15) is 42.1 Å². The molecule has 2 amide bonds. The Morgan fingerprint density at radius 3 is 2.31 bits per heavy atom. The second-order valence-corrected chi connectivity index (χ2v) is 7.15. The molecule has 6 heteroatoms. The summed E-state index contributed by atoms with van der Waals surface area (Å²) in [5.41, 5.74) is 1.93. The van der Waals surface area contributed by atoms with Crippen LogP contribution in [0.3, 0.4) is 0 Å². The van der Waals surface area contributed by atoms with Crippen molar-refractivity contribution in [2.75, 3.05) is 31.6 Å². The number of nitrogens with zero attached hydrogens (tertiary/aromatic N) is 1. The van der Waals surface area contributed by atoms with E-state index in [9.17, 15) is 9.59 Å². The first-order valence-electron chi connectivity index (χ1n) is 10.1. The molecule has 1 heterocycles. The van der Waals surface area contributed by atoms with E-state index in [0.29, 0.717) is 23.6 Å². The van der Waals surface area contributed by atoms with E-state index in [0.717, 1.165) is 43.7 Å². The topological polar surface area (TPSA) is 67.9 Å². The zero-order valence-electron chi connectivity index (χ0n) is 17.1. The van der Waals surface area contributed by atoms with Gasteiger partial charge in [0.05, 0.1) is 17.9 Å². The summed E-state index contributed by atoms with van der Waals surface area (Å²) in [5, 5.41) is 2.86. The Labute approximate surface area is 171 Å². The Balaban J connectivity index is 1.61. The predicted octanol–water partition coefficient (Wildman–Crippen LogP) is 4.04. The van der Waals surface area contributed by atoms with Crippen molar-refractivity contribution in [3.63, 3.8) is 0 Å². The lowest BCUT2D eigenvalue weighted by molar-refractivity contribution is -0.118. The summed E-state index contributed by atoms with van der Waals surface area (Å²) in [6, 6.07) is 12.7. The van der Waals surface area contributed by atoms with Crippen LogP contribution >= 0.6 is 0 Å². The summed E-state index contributed by atoms with van der Waals surface area (Å²) in [4.78, 5) is 27.1. The molecule has 0 unspecified atom stereocenters. The predicted molar refractivity (Wildman–Crippen MR) is 113 cm³/mol. The van der Waals surface area contributed by atoms with E-state index >= 15 is 0 Å². The standard InChI is InChI=1S/C23H28N2O4/c1-3-15-28-18-9-11-19(12-10-18)29-16-21(26)24-22-17(2)7-6-8-20(22)23(27)25-13-4-5-14-25/h6-12H,3-5,13-16H2,1-2H3,(H,24,26). The third-order valence-corrected chi connectivity index (χ3v) is 4.83. The molecule has 0 radical (unpaired) electrons. The zero-order valence-corrected chi connectivity index (χ0v) is 17.1. The lowest BCUT2D eigenvalue weighted by Gasteiger charge is -2.19. The van der Waals surface area contributed by atoms with Gasteiger partial charge in [-0.3, -0.25) is 9.59 Å². The molecule has 1 aliphatic rings. The molecular formula is C23H28N2O4. The number of para-hydroxylation sites is 1. The summed E-state index contributed by atoms with van der Waals surface area (Å²) in [5.74, 6) is 1.02. The average Bonchev–Trinajstić information content (AvgIpc) is 3.27. The Morgan fingerprint density at radius 1 is 1.00 bits per heavy atom. The van der Waals surface area contributed by atoms with Crippen molar-refractivity contribution in [3.05, 3.63) is 53.6 Å². The molecule has 1 fully saturated rings. The van der Waals surface area contributed by atoms with Crippen molar-refractivity contribution in [1.82, 2.24) is 4.90 Å². The number of anilines is 1. The van der Waals surface area contributed by atoms with Crippen LogP contribution in [0, 0.1) is 6.92 Å². The van der Waals surface area contributed by atoms with Crippen molar-refractivity contribution in [2.45, 2.75) is 33.1 Å². The first-order valence-corrected chi connectivity index (χ1v) is 10.1. The van der Waals surface area contributed by atoms with E-state index in [1.807, 2.05) is 36.1 Å². The molecule has 1 N–H and O–H groups in total. The van der Waals surface area contributed by atoms with E-state index in [-0.39, 0.29) is 18.4 Å². The van der Waals surface area contributed by atoms with Gasteiger partial charge in [-0.2, -0.15) is 0 Å². The van der Waals surface area contributed by atoms with Gasteiger partial charge in [0.25, 0.3) is 11.8 Å². The maximum Gasteiger partial charge on any atom is 0.262 e. The summed E-state index contributed by atoms with van der Waals surface area (Å²) in [6.07, 6.45) is 2.99. The third kappa shape index (κ3) is 5.50. The number of rotatable bonds is 8. The lowest BCUT2D eigenvalue weighted by Crippen LogP contribution is -2.29. The molecule has 3 rings (SSSR count). The number of aryl methyl sites for hydroxylation is 1. The maximum absolute atomic E-state index is 12.8. The maximum atomic E-state index is 12.8. The summed E-state index contributed by atoms with van der Waals surface area (Å²) < 4.78 is 11.1. The highest BCUT2D eigenvalue weighted by Gasteiger charge is 2.23. The van der Waals surface area contributed by atoms with Gasteiger partial charge in [-0.15, -0.1) is 0 Å². The highest BCUT2D eigenvalue weighted by Crippen LogP contribution is 2.24. The summed E-state index contributed by atoms with van der Waals surface area (Å²) >= 11 is 0. The van der Waals surface area contributed by atoms with Crippen molar-refractivity contribution >= 4 is 17.5 Å². The minimum atomic E-state index is -0.305. The molecule has 1 aliphatic heterocycles. The molecule has 29 heavy (non-hydrogen) atoms. The van der Waals surface area contributed by atoms with Crippen LogP contribution in [0.5, 0.6) is 11.5 Å². The number of carbonyl (C=O) groups is 2. The van der Waals surface area contributed by atoms with Gasteiger partial charge in [0.15, 0.2) is 6.61 Å². The number of amides is 2. The van der Waals surface area contributed by atoms with Crippen LogP contribution in [0.25, 0.3) is 0 Å². The van der Waals surface area contributed by atoms with Crippen LogP contribution in [-0.4, -0.2) is 43.0 Å². The summed E-state index contributed by atoms with van der Waals surface area (Å²) in [6.45, 7) is 5.99. The molecule has 0 saturated carbocycles. The molecule has 0 atom stereocenters. The van der Waals surface area contributed by atoms with E-state index < -0.39 is 0 Å². The lowest BCUT2D eigenvalue weighted by atomic mass is 10.1. The zero-order chi connectivity index (χ0) is 20.6. The first-order chi connectivity index (χ1) is 14.1. The smallest absolute Gasteiger partial charge is 0.262 e. The van der Waals surface area contributed by atoms with Gasteiger partial charge in [0, 0.05) is 13.1 Å². The third-order valence-electron chi connectivity index (χ3n) is 4.83. The molecule has 0 aromatic heterocycles. The number of carbonyl (C=O) groups excluding carboxylic acids is 2. The number of hydrogen-bond donors (Lipinski definition) is 1. The Bertz CT molecular complexity index is 842. The molecule has 6 nitrogen and oxygen atoms in total. The molecule has 154 valence electrons. The van der Waals surface area contributed by atoms with Gasteiger partial charge >= 0.3 is 0 Å². The number of benzene rings is 2. The fourth-order valence-electron chi connectivity index (χ4n) is 3.28. The Kier molecular flexibility index (Phi) is 7.11. The van der Waals surface area contributed by atoms with Gasteiger partial charge in [-0.1, -0.05) is 19.1 Å². The molecule has 0 bridgehead atoms. The molecule has 0 aliphatic carbocycles. The van der Waals surface area contributed by atoms with Gasteiger partial charge < -0.3 is 19.7 Å². The second-order valence-electron chi connectivity index (χ2n) is 7.15. The molecule has 0 spiro atoms. The normalized spacial score (nSPS) is 13.2. The van der Waals surface area contributed by atoms with Gasteiger partial charge in [-0.05, 0) is 62.1 Å². The second kappa shape index (κ2) is 9.96. The number of nitrogens with one attached hydrogen (secondary N) is 1. The quantitative estimate of drug-likeness (QED) is 0.731. The average molecular weight is 396 g/mol. The van der Waals surface area contributed by atoms with Crippen LogP contribution < -0.4 is 14.8 Å². The van der Waals surface area contributed by atoms with Crippen molar-refractivity contribution < 1.29 is 19.1 Å². The van der Waals surface area contributed by atoms with Crippen LogP contribution in [0.15, 0.2) is 42.5 Å². The largest absolute Gasteiger partial charge is 0.494 e. The molecule has 2 aromatic carbocycles. The number of likely N-dealkylation sites (tertiary alicyclic amines) is 1. The van der Waals surface area contributed by atoms with Crippen molar-refractivity contribution in [3.8, 4) is 11.5 Å². The number of ether oxygens (including phenoxy) is 2. The highest BCUT2D eigenvalue weighted by molar-refractivity contribution is 6.04. The first kappa shape index (κ1) is 20.7. The van der Waals surface area contributed by atoms with Gasteiger partial charge in [-0.25, -0.2) is 0 Å². The molecule has 1 saturated heterocycles. The molecular weight excluding hydrogens is 368 g/mol. The van der Waals surface area contributed by atoms with Crippen LogP contribution in [-0.2, 0) is 4.79 Å². The minimum Gasteiger partial charge on any atom is -0.494 e. The van der Waals surface area contributed by atoms with E-state index in [1.165, 1.54) is 0 Å². The molecule has 2 aromatic rings. The highest BCUT2D eigenvalue weighted by atomic mass is 16.5. The summed E-state index contributed by atoms with van der Waals surface area (Å²) in [7, 11) is 0. The van der Waals surface area contributed by atoms with Crippen molar-refractivity contribution in [1.29, 1.82) is 0 Å². The Morgan fingerprint density at radius 2 is 1.66 bits per heavy atom. The van der Waals surface area contributed by atoms with Gasteiger partial charge in [0.1, 0.15) is 11.5 Å². The monoisotopic (exact) mass is 396 g/mol. The van der Waals surface area contributed by atoms with E-state index in [4.69, 9.17) is 9.47 Å². The SMILES string of the molecule is CCCOc1ccc(OCC(=O)Nc2c(C)cccc2C(=O)N2CCCC2)cc1. The van der Waals surface area contributed by atoms with E-state index in [1.54, 1.807) is 18.2 Å². The fourth-order valence-corrected chi connectivity index (χ4v) is 3.28. The van der Waals surface area contributed by atoms with E-state index in [2.05, 4.69) is 12.2 Å². The number of hydrogen-bond acceptors (Lipinski definition) is 4. The fraction of sp³-hybridized carbons (Fsp3) is 0.391. The van der Waals surface area contributed by atoms with Crippen molar-refractivity contribution in [2.24, 2.45) is 0 Å². The Hall–Kier alpha value is -3.02. The van der Waals surface area contributed by atoms with Crippen LogP contribution in [0.2, 0.25) is 0 Å². The minimum absolute atomic E-state index is 0.0370.